The summed E-state index contributed by atoms with van der Waals surface area (Å²) in [6, 6.07) is 0.0600. The molecule has 2 heterocycles. The highest BCUT2D eigenvalue weighted by Gasteiger charge is 2.29. The molecule has 1 fully saturated rings. The van der Waals surface area contributed by atoms with Crippen LogP contribution in [0.5, 0.6) is 0 Å². The highest BCUT2D eigenvalue weighted by molar-refractivity contribution is 5.00. The summed E-state index contributed by atoms with van der Waals surface area (Å²) in [5.41, 5.74) is 6.07. The molecule has 2 unspecified atom stereocenters. The van der Waals surface area contributed by atoms with Gasteiger partial charge in [-0.05, 0) is 19.5 Å². The van der Waals surface area contributed by atoms with E-state index >= 15 is 0 Å². The fraction of sp³-hybridized carbons (Fsp3) is 0.846. The quantitative estimate of drug-likeness (QED) is 0.821. The second kappa shape index (κ2) is 6.98. The Morgan fingerprint density at radius 1 is 1.37 bits per heavy atom. The molecule has 0 amide bonds. The fourth-order valence-corrected chi connectivity index (χ4v) is 2.33. The molecule has 1 aromatic rings. The molecule has 0 radical (unpaired) electrons. The van der Waals surface area contributed by atoms with Crippen molar-refractivity contribution in [1.29, 1.82) is 0 Å². The Bertz CT molecular complexity index is 378. The van der Waals surface area contributed by atoms with E-state index in [1.807, 2.05) is 0 Å². The summed E-state index contributed by atoms with van der Waals surface area (Å²) in [5, 5.41) is 4.04. The molecule has 2 rings (SSSR count). The van der Waals surface area contributed by atoms with Gasteiger partial charge in [-0.3, -0.25) is 0 Å². The van der Waals surface area contributed by atoms with E-state index in [4.69, 9.17) is 15.0 Å². The summed E-state index contributed by atoms with van der Waals surface area (Å²) in [7, 11) is 0. The molecule has 19 heavy (non-hydrogen) atoms. The van der Waals surface area contributed by atoms with Gasteiger partial charge < -0.3 is 19.9 Å². The van der Waals surface area contributed by atoms with Gasteiger partial charge in [-0.1, -0.05) is 19.0 Å². The second-order valence-corrected chi connectivity index (χ2v) is 4.96. The minimum absolute atomic E-state index is 0.0449. The van der Waals surface area contributed by atoms with E-state index in [9.17, 15) is 0 Å². The normalized spacial score (nSPS) is 24.0. The van der Waals surface area contributed by atoms with E-state index < -0.39 is 0 Å². The molecule has 108 valence electrons. The van der Waals surface area contributed by atoms with Crippen molar-refractivity contribution in [2.24, 2.45) is 5.73 Å². The lowest BCUT2D eigenvalue weighted by Gasteiger charge is -2.25. The Kier molecular flexibility index (Phi) is 5.30. The molecule has 2 atom stereocenters. The summed E-state index contributed by atoms with van der Waals surface area (Å²) in [4.78, 5) is 6.80. The van der Waals surface area contributed by atoms with Gasteiger partial charge >= 0.3 is 0 Å². The zero-order valence-electron chi connectivity index (χ0n) is 11.8. The number of aromatic nitrogens is 2. The van der Waals surface area contributed by atoms with E-state index in [-0.39, 0.29) is 12.0 Å². The molecule has 0 aliphatic carbocycles. The number of nitrogens with two attached hydrogens (primary N) is 1. The monoisotopic (exact) mass is 268 g/mol. The lowest BCUT2D eigenvalue weighted by atomic mass is 9.97. The predicted octanol–water partition coefficient (Wildman–Crippen LogP) is 0.785. The van der Waals surface area contributed by atoms with Crippen molar-refractivity contribution in [2.45, 2.75) is 38.6 Å². The van der Waals surface area contributed by atoms with Crippen molar-refractivity contribution in [1.82, 2.24) is 15.0 Å². The number of nitrogens with zero attached hydrogens (tertiary/aromatic N) is 3. The first-order valence-electron chi connectivity index (χ1n) is 7.12. The highest BCUT2D eigenvalue weighted by Crippen LogP contribution is 2.23. The molecular formula is C13H24N4O2. The van der Waals surface area contributed by atoms with Crippen LogP contribution >= 0.6 is 0 Å². The van der Waals surface area contributed by atoms with Gasteiger partial charge in [-0.25, -0.2) is 0 Å². The van der Waals surface area contributed by atoms with Crippen LogP contribution in [-0.2, 0) is 11.2 Å². The maximum Gasteiger partial charge on any atom is 0.233 e. The van der Waals surface area contributed by atoms with E-state index in [0.29, 0.717) is 12.5 Å². The Morgan fingerprint density at radius 3 is 2.84 bits per heavy atom. The van der Waals surface area contributed by atoms with Gasteiger partial charge in [-0.15, -0.1) is 0 Å². The van der Waals surface area contributed by atoms with Crippen LogP contribution in [0, 0.1) is 0 Å². The summed E-state index contributed by atoms with van der Waals surface area (Å²) in [6.07, 6.45) is 1.66. The lowest BCUT2D eigenvalue weighted by Crippen LogP contribution is -2.37. The summed E-state index contributed by atoms with van der Waals surface area (Å²) in [6.45, 7) is 8.66. The fourth-order valence-electron chi connectivity index (χ4n) is 2.33. The van der Waals surface area contributed by atoms with Crippen LogP contribution in [-0.4, -0.2) is 53.9 Å². The Labute approximate surface area is 114 Å². The number of likely N-dealkylation sites (N-methyl/N-ethyl adjacent to an activating group) is 1. The summed E-state index contributed by atoms with van der Waals surface area (Å²) < 4.78 is 10.8. The standard InChI is InChI=1S/C13H24N4O2/c1-3-17(4-2)7-5-12-15-13(19-16-12)10-9-18-8-6-11(10)14/h10-11H,3-9,14H2,1-2H3. The second-order valence-electron chi connectivity index (χ2n) is 4.96. The van der Waals surface area contributed by atoms with Crippen LogP contribution in [0.2, 0.25) is 0 Å². The molecule has 2 N–H and O–H groups in total. The lowest BCUT2D eigenvalue weighted by molar-refractivity contribution is 0.0590. The number of hydrogen-bond acceptors (Lipinski definition) is 6. The number of ether oxygens (including phenoxy) is 1. The van der Waals surface area contributed by atoms with Gasteiger partial charge in [0, 0.05) is 25.6 Å². The summed E-state index contributed by atoms with van der Waals surface area (Å²) >= 11 is 0. The molecule has 0 saturated carbocycles. The van der Waals surface area contributed by atoms with E-state index in [2.05, 4.69) is 28.9 Å². The maximum atomic E-state index is 6.07. The number of hydrogen-bond donors (Lipinski definition) is 1. The van der Waals surface area contributed by atoms with Crippen LogP contribution in [0.3, 0.4) is 0 Å². The minimum atomic E-state index is 0.0449. The molecule has 0 aromatic carbocycles. The third kappa shape index (κ3) is 3.75. The Morgan fingerprint density at radius 2 is 2.16 bits per heavy atom. The van der Waals surface area contributed by atoms with Crippen molar-refractivity contribution < 1.29 is 9.26 Å². The van der Waals surface area contributed by atoms with Gasteiger partial charge in [-0.2, -0.15) is 4.98 Å². The molecule has 1 aliphatic rings. The van der Waals surface area contributed by atoms with E-state index in [0.717, 1.165) is 44.9 Å². The third-order valence-electron chi connectivity index (χ3n) is 3.76. The molecule has 6 nitrogen and oxygen atoms in total. The van der Waals surface area contributed by atoms with Gasteiger partial charge in [0.1, 0.15) is 0 Å². The first-order chi connectivity index (χ1) is 9.24. The van der Waals surface area contributed by atoms with E-state index in [1.165, 1.54) is 0 Å². The van der Waals surface area contributed by atoms with Crippen molar-refractivity contribution in [2.75, 3.05) is 32.8 Å². The SMILES string of the molecule is CCN(CC)CCc1noc(C2COCCC2N)n1. The van der Waals surface area contributed by atoms with Crippen LogP contribution in [0.4, 0.5) is 0 Å². The largest absolute Gasteiger partial charge is 0.381 e. The molecular weight excluding hydrogens is 244 g/mol. The topological polar surface area (TPSA) is 77.4 Å². The first kappa shape index (κ1) is 14.4. The van der Waals surface area contributed by atoms with Crippen LogP contribution in [0.25, 0.3) is 0 Å². The number of rotatable bonds is 6. The summed E-state index contributed by atoms with van der Waals surface area (Å²) in [5.74, 6) is 1.44. The van der Waals surface area contributed by atoms with Crippen molar-refractivity contribution >= 4 is 0 Å². The van der Waals surface area contributed by atoms with Gasteiger partial charge in [0.05, 0.1) is 12.5 Å². The van der Waals surface area contributed by atoms with Crippen LogP contribution in [0.1, 0.15) is 37.9 Å². The molecule has 0 bridgehead atoms. The molecule has 1 aliphatic heterocycles. The van der Waals surface area contributed by atoms with Gasteiger partial charge in [0.25, 0.3) is 0 Å². The van der Waals surface area contributed by atoms with Gasteiger partial charge in [0.2, 0.25) is 5.89 Å². The predicted molar refractivity (Wildman–Crippen MR) is 71.9 cm³/mol. The minimum Gasteiger partial charge on any atom is -0.381 e. The average Bonchev–Trinajstić information content (AvgIpc) is 2.89. The molecule has 1 saturated heterocycles. The van der Waals surface area contributed by atoms with Gasteiger partial charge in [0.15, 0.2) is 5.82 Å². The molecule has 1 aromatic heterocycles. The van der Waals surface area contributed by atoms with E-state index in [1.54, 1.807) is 0 Å². The van der Waals surface area contributed by atoms with Crippen LogP contribution < -0.4 is 5.73 Å². The smallest absolute Gasteiger partial charge is 0.233 e. The average molecular weight is 268 g/mol. The first-order valence-corrected chi connectivity index (χ1v) is 7.12. The van der Waals surface area contributed by atoms with Crippen molar-refractivity contribution in [3.8, 4) is 0 Å². The highest BCUT2D eigenvalue weighted by atomic mass is 16.5. The molecule has 0 spiro atoms. The maximum absolute atomic E-state index is 6.07. The van der Waals surface area contributed by atoms with Crippen molar-refractivity contribution in [3.63, 3.8) is 0 Å². The zero-order valence-corrected chi connectivity index (χ0v) is 11.8. The van der Waals surface area contributed by atoms with Crippen LogP contribution in [0.15, 0.2) is 4.52 Å². The Hall–Kier alpha value is -0.980. The van der Waals surface area contributed by atoms with Crippen molar-refractivity contribution in [3.05, 3.63) is 11.7 Å². The zero-order chi connectivity index (χ0) is 13.7. The Balaban J connectivity index is 1.91. The molecule has 6 heteroatoms. The third-order valence-corrected chi connectivity index (χ3v) is 3.76.